The third-order valence-electron chi connectivity index (χ3n) is 4.46. The van der Waals surface area contributed by atoms with E-state index in [0.717, 1.165) is 23.2 Å². The number of nitro groups is 1. The molecule has 4 rings (SSSR count). The first-order chi connectivity index (χ1) is 15.0. The van der Waals surface area contributed by atoms with Crippen molar-refractivity contribution in [1.29, 1.82) is 0 Å². The van der Waals surface area contributed by atoms with E-state index in [9.17, 15) is 19.3 Å². The number of hydrogen-bond acceptors (Lipinski definition) is 7. The van der Waals surface area contributed by atoms with Crippen LogP contribution in [-0.2, 0) is 0 Å². The van der Waals surface area contributed by atoms with Crippen molar-refractivity contribution in [3.05, 3.63) is 94.6 Å². The number of halogens is 1. The zero-order chi connectivity index (χ0) is 21.8. The van der Waals surface area contributed by atoms with Crippen molar-refractivity contribution in [2.75, 3.05) is 10.7 Å². The van der Waals surface area contributed by atoms with E-state index in [1.165, 1.54) is 18.2 Å². The fourth-order valence-corrected chi connectivity index (χ4v) is 3.03. The molecule has 1 amide bonds. The van der Waals surface area contributed by atoms with Gasteiger partial charge in [0.05, 0.1) is 10.5 Å². The average molecular weight is 418 g/mol. The normalized spacial score (nSPS) is 10.5. The summed E-state index contributed by atoms with van der Waals surface area (Å²) in [5.41, 5.74) is 4.51. The number of anilines is 3. The molecule has 10 heteroatoms. The Morgan fingerprint density at radius 2 is 1.65 bits per heavy atom. The molecular formula is C21H15FN6O3. The van der Waals surface area contributed by atoms with Gasteiger partial charge in [-0.15, -0.1) is 0 Å². The third-order valence-corrected chi connectivity index (χ3v) is 4.46. The van der Waals surface area contributed by atoms with Gasteiger partial charge in [0.15, 0.2) is 0 Å². The first-order valence-corrected chi connectivity index (χ1v) is 9.09. The lowest BCUT2D eigenvalue weighted by Gasteiger charge is -2.12. The van der Waals surface area contributed by atoms with Crippen LogP contribution < -0.4 is 16.2 Å². The number of carbonyl (C=O) groups excluding carboxylic acids is 1. The highest BCUT2D eigenvalue weighted by atomic mass is 19.1. The highest BCUT2D eigenvalue weighted by molar-refractivity contribution is 5.97. The second-order valence-electron chi connectivity index (χ2n) is 6.39. The maximum Gasteiger partial charge on any atom is 0.355 e. The van der Waals surface area contributed by atoms with E-state index in [2.05, 4.69) is 26.1 Å². The Labute approximate surface area is 175 Å². The molecule has 9 nitrogen and oxygen atoms in total. The molecule has 1 aromatic heterocycles. The molecule has 0 aliphatic heterocycles. The molecule has 0 spiro atoms. The van der Waals surface area contributed by atoms with Gasteiger partial charge in [0.25, 0.3) is 5.91 Å². The summed E-state index contributed by atoms with van der Waals surface area (Å²) in [5.74, 6) is -1.86. The number of hydrogen-bond donors (Lipinski definition) is 3. The van der Waals surface area contributed by atoms with Crippen molar-refractivity contribution >= 4 is 39.7 Å². The molecule has 0 radical (unpaired) electrons. The number of fused-ring (bicyclic) bond motifs is 1. The Morgan fingerprint density at radius 3 is 2.45 bits per heavy atom. The summed E-state index contributed by atoms with van der Waals surface area (Å²) in [6.07, 6.45) is 1.11. The molecular weight excluding hydrogens is 403 g/mol. The van der Waals surface area contributed by atoms with Gasteiger partial charge < -0.3 is 5.32 Å². The van der Waals surface area contributed by atoms with Gasteiger partial charge in [-0.05, 0) is 23.6 Å². The fourth-order valence-electron chi connectivity index (χ4n) is 3.03. The number of amides is 1. The molecule has 0 aliphatic rings. The molecule has 0 saturated heterocycles. The zero-order valence-corrected chi connectivity index (χ0v) is 15.9. The van der Waals surface area contributed by atoms with Crippen LogP contribution in [0, 0.1) is 15.9 Å². The molecule has 3 N–H and O–H groups in total. The van der Waals surface area contributed by atoms with E-state index in [1.807, 2.05) is 36.4 Å². The van der Waals surface area contributed by atoms with Crippen molar-refractivity contribution < 1.29 is 14.1 Å². The minimum Gasteiger partial charge on any atom is -0.334 e. The van der Waals surface area contributed by atoms with Gasteiger partial charge in [-0.1, -0.05) is 48.5 Å². The lowest BCUT2D eigenvalue weighted by atomic mass is 10.1. The first-order valence-electron chi connectivity index (χ1n) is 9.09. The van der Waals surface area contributed by atoms with E-state index in [1.54, 1.807) is 6.07 Å². The predicted octanol–water partition coefficient (Wildman–Crippen LogP) is 4.18. The predicted molar refractivity (Wildman–Crippen MR) is 113 cm³/mol. The minimum atomic E-state index is -0.811. The fraction of sp³-hybridized carbons (Fsp3) is 0. The number of hydrazine groups is 1. The molecule has 0 atom stereocenters. The first kappa shape index (κ1) is 19.7. The molecule has 4 aromatic rings. The summed E-state index contributed by atoms with van der Waals surface area (Å²) in [6.45, 7) is 0. The number of nitrogens with zero attached hydrogens (tertiary/aromatic N) is 3. The maximum atomic E-state index is 13.8. The number of benzene rings is 3. The average Bonchev–Trinajstić information content (AvgIpc) is 2.78. The number of aromatic nitrogens is 2. The van der Waals surface area contributed by atoms with E-state index >= 15 is 0 Å². The summed E-state index contributed by atoms with van der Waals surface area (Å²) in [4.78, 5) is 31.1. The van der Waals surface area contributed by atoms with Crippen LogP contribution in [-0.4, -0.2) is 20.8 Å². The standard InChI is InChI=1S/C21H15FN6O3/c22-16-10-4-3-9-15(16)21(29)27-26-20-18(28(30)31)19(23-12-24-20)25-17-11-5-7-13-6-1-2-8-14(13)17/h1-12H,(H,27,29)(H2,23,24,25,26). The summed E-state index contributed by atoms with van der Waals surface area (Å²) in [7, 11) is 0. The SMILES string of the molecule is O=C(NNc1ncnc(Nc2cccc3ccccc23)c1[N+](=O)[O-])c1ccccc1F. The number of carbonyl (C=O) groups is 1. The zero-order valence-electron chi connectivity index (χ0n) is 15.9. The third kappa shape index (κ3) is 4.08. The Balaban J connectivity index is 1.63. The van der Waals surface area contributed by atoms with Crippen LogP contribution in [0.25, 0.3) is 10.8 Å². The lowest BCUT2D eigenvalue weighted by Crippen LogP contribution is -2.31. The van der Waals surface area contributed by atoms with Gasteiger partial charge >= 0.3 is 5.69 Å². The quantitative estimate of drug-likeness (QED) is 0.317. The van der Waals surface area contributed by atoms with Crippen LogP contribution in [0.5, 0.6) is 0 Å². The smallest absolute Gasteiger partial charge is 0.334 e. The van der Waals surface area contributed by atoms with E-state index in [-0.39, 0.29) is 17.2 Å². The Morgan fingerprint density at radius 1 is 0.935 bits per heavy atom. The molecule has 1 heterocycles. The molecule has 0 bridgehead atoms. The van der Waals surface area contributed by atoms with Crippen molar-refractivity contribution in [1.82, 2.24) is 15.4 Å². The summed E-state index contributed by atoms with van der Waals surface area (Å²) in [6, 6.07) is 18.4. The van der Waals surface area contributed by atoms with Gasteiger partial charge in [-0.3, -0.25) is 25.8 Å². The molecule has 31 heavy (non-hydrogen) atoms. The lowest BCUT2D eigenvalue weighted by molar-refractivity contribution is -0.383. The topological polar surface area (TPSA) is 122 Å². The summed E-state index contributed by atoms with van der Waals surface area (Å²) < 4.78 is 13.8. The maximum absolute atomic E-state index is 13.8. The van der Waals surface area contributed by atoms with Crippen molar-refractivity contribution in [2.45, 2.75) is 0 Å². The molecule has 154 valence electrons. The Bertz CT molecular complexity index is 1290. The Kier molecular flexibility index (Phi) is 5.35. The van der Waals surface area contributed by atoms with Gasteiger partial charge in [0.1, 0.15) is 12.1 Å². The number of nitrogens with one attached hydrogen (secondary N) is 3. The van der Waals surface area contributed by atoms with Crippen LogP contribution in [0.1, 0.15) is 10.4 Å². The molecule has 0 saturated carbocycles. The minimum absolute atomic E-state index is 0.0704. The van der Waals surface area contributed by atoms with E-state index < -0.39 is 22.3 Å². The van der Waals surface area contributed by atoms with Gasteiger partial charge in [-0.2, -0.15) is 0 Å². The Hall–Kier alpha value is -4.60. The number of rotatable bonds is 6. The van der Waals surface area contributed by atoms with E-state index in [4.69, 9.17) is 0 Å². The van der Waals surface area contributed by atoms with Gasteiger partial charge in [0.2, 0.25) is 11.6 Å². The van der Waals surface area contributed by atoms with Crippen LogP contribution in [0.2, 0.25) is 0 Å². The highest BCUT2D eigenvalue weighted by Gasteiger charge is 2.24. The van der Waals surface area contributed by atoms with Gasteiger partial charge in [-0.25, -0.2) is 14.4 Å². The summed E-state index contributed by atoms with van der Waals surface area (Å²) in [5, 5.41) is 16.5. The monoisotopic (exact) mass is 418 g/mol. The molecule has 3 aromatic carbocycles. The van der Waals surface area contributed by atoms with Crippen molar-refractivity contribution in [2.24, 2.45) is 0 Å². The van der Waals surface area contributed by atoms with Crippen LogP contribution >= 0.6 is 0 Å². The molecule has 0 fully saturated rings. The van der Waals surface area contributed by atoms with Crippen molar-refractivity contribution in [3.8, 4) is 0 Å². The second-order valence-corrected chi connectivity index (χ2v) is 6.39. The second kappa shape index (κ2) is 8.41. The molecule has 0 unspecified atom stereocenters. The van der Waals surface area contributed by atoms with Crippen molar-refractivity contribution in [3.63, 3.8) is 0 Å². The van der Waals surface area contributed by atoms with Gasteiger partial charge in [0, 0.05) is 11.1 Å². The van der Waals surface area contributed by atoms with Crippen LogP contribution in [0.15, 0.2) is 73.1 Å². The van der Waals surface area contributed by atoms with Crippen LogP contribution in [0.3, 0.4) is 0 Å². The highest BCUT2D eigenvalue weighted by Crippen LogP contribution is 2.33. The molecule has 0 aliphatic carbocycles. The van der Waals surface area contributed by atoms with Crippen LogP contribution in [0.4, 0.5) is 27.4 Å². The van der Waals surface area contributed by atoms with E-state index in [0.29, 0.717) is 5.69 Å². The summed E-state index contributed by atoms with van der Waals surface area (Å²) >= 11 is 0. The largest absolute Gasteiger partial charge is 0.355 e.